The first-order valence-corrected chi connectivity index (χ1v) is 10.9. The van der Waals surface area contributed by atoms with Crippen LogP contribution in [0.5, 0.6) is 5.75 Å². The van der Waals surface area contributed by atoms with Crippen LogP contribution < -0.4 is 15.6 Å². The molecule has 17 heteroatoms. The van der Waals surface area contributed by atoms with E-state index in [0.29, 0.717) is 30.3 Å². The second-order valence-corrected chi connectivity index (χ2v) is 8.09. The molecule has 1 atom stereocenters. The highest BCUT2D eigenvalue weighted by molar-refractivity contribution is 6.32. The molecule has 0 saturated heterocycles. The number of nitrogens with one attached hydrogen (secondary N) is 2. The lowest BCUT2D eigenvalue weighted by molar-refractivity contribution is -0.274. The highest BCUT2D eigenvalue weighted by atomic mass is 35.5. The van der Waals surface area contributed by atoms with Crippen LogP contribution in [0.25, 0.3) is 5.83 Å². The Bertz CT molecular complexity index is 1390. The van der Waals surface area contributed by atoms with E-state index in [1.807, 2.05) is 5.43 Å². The standard InChI is InChI=1S/C23H13ClF10N4O2/c24-16-9-11(3-5-18(16)40-23(32,33)34)14(21(26,27)28)10-17(25)12-2-4-13(15(8-12)22(29,30)31)19(39)37-38-20-35-6-1-7-36-20/h1-10,14H,(H,37,39)(H,35,36,38). The van der Waals surface area contributed by atoms with Crippen LogP contribution in [0, 0.1) is 0 Å². The lowest BCUT2D eigenvalue weighted by Gasteiger charge is -2.19. The molecular formula is C23H13ClF10N4O2. The molecule has 6 nitrogen and oxygen atoms in total. The Morgan fingerprint density at radius 3 is 2.15 bits per heavy atom. The SMILES string of the molecule is O=C(NNc1ncccn1)c1ccc(C(F)=CC(c2ccc(OC(F)(F)F)c(Cl)c2)C(F)(F)F)cc1C(F)(F)F. The lowest BCUT2D eigenvalue weighted by atomic mass is 9.95. The molecule has 0 radical (unpaired) electrons. The first-order chi connectivity index (χ1) is 18.5. The highest BCUT2D eigenvalue weighted by Crippen LogP contribution is 2.42. The van der Waals surface area contributed by atoms with Crippen LogP contribution in [0.2, 0.25) is 5.02 Å². The fourth-order valence-electron chi connectivity index (χ4n) is 3.21. The second-order valence-electron chi connectivity index (χ2n) is 7.68. The van der Waals surface area contributed by atoms with Gasteiger partial charge in [-0.1, -0.05) is 23.7 Å². The van der Waals surface area contributed by atoms with E-state index in [1.165, 1.54) is 18.5 Å². The number of halogens is 11. The fraction of sp³-hybridized carbons (Fsp3) is 0.174. The van der Waals surface area contributed by atoms with Gasteiger partial charge in [0.1, 0.15) is 17.5 Å². The quantitative estimate of drug-likeness (QED) is 0.217. The predicted octanol–water partition coefficient (Wildman–Crippen LogP) is 7.46. The van der Waals surface area contributed by atoms with Crippen molar-refractivity contribution in [1.29, 1.82) is 0 Å². The molecule has 3 aromatic rings. The van der Waals surface area contributed by atoms with Gasteiger partial charge in [-0.2, -0.15) is 26.3 Å². The molecule has 2 N–H and O–H groups in total. The number of hydrogen-bond acceptors (Lipinski definition) is 5. The number of nitrogens with zero attached hydrogens (tertiary/aromatic N) is 2. The van der Waals surface area contributed by atoms with Crippen molar-refractivity contribution >= 4 is 29.3 Å². The van der Waals surface area contributed by atoms with Gasteiger partial charge in [0, 0.05) is 18.0 Å². The highest BCUT2D eigenvalue weighted by Gasteiger charge is 2.41. The largest absolute Gasteiger partial charge is 0.573 e. The van der Waals surface area contributed by atoms with Crippen LogP contribution in [0.15, 0.2) is 60.9 Å². The average Bonchev–Trinajstić information content (AvgIpc) is 2.85. The van der Waals surface area contributed by atoms with Crippen LogP contribution in [-0.2, 0) is 6.18 Å². The van der Waals surface area contributed by atoms with Gasteiger partial charge < -0.3 is 4.74 Å². The van der Waals surface area contributed by atoms with E-state index in [9.17, 15) is 48.7 Å². The number of hydrogen-bond donors (Lipinski definition) is 2. The molecule has 0 bridgehead atoms. The average molecular weight is 603 g/mol. The Morgan fingerprint density at radius 2 is 1.60 bits per heavy atom. The summed E-state index contributed by atoms with van der Waals surface area (Å²) in [6.07, 6.45) is -13.2. The van der Waals surface area contributed by atoms with E-state index in [0.717, 1.165) is 0 Å². The molecule has 1 unspecified atom stereocenters. The molecule has 1 heterocycles. The molecule has 0 aliphatic carbocycles. The summed E-state index contributed by atoms with van der Waals surface area (Å²) < 4.78 is 138. The number of rotatable bonds is 7. The number of anilines is 1. The Labute approximate surface area is 222 Å². The first-order valence-electron chi connectivity index (χ1n) is 10.5. The summed E-state index contributed by atoms with van der Waals surface area (Å²) in [6, 6.07) is 4.17. The van der Waals surface area contributed by atoms with E-state index in [4.69, 9.17) is 11.6 Å². The maximum absolute atomic E-state index is 14.9. The van der Waals surface area contributed by atoms with Crippen molar-refractivity contribution in [3.63, 3.8) is 0 Å². The smallest absolute Gasteiger partial charge is 0.404 e. The van der Waals surface area contributed by atoms with E-state index >= 15 is 0 Å². The normalized spacial score (nSPS) is 13.5. The number of aromatic nitrogens is 2. The van der Waals surface area contributed by atoms with Crippen LogP contribution in [0.3, 0.4) is 0 Å². The van der Waals surface area contributed by atoms with E-state index in [2.05, 4.69) is 20.1 Å². The van der Waals surface area contributed by atoms with E-state index in [-0.39, 0.29) is 18.1 Å². The van der Waals surface area contributed by atoms with Gasteiger partial charge in [-0.3, -0.25) is 15.6 Å². The van der Waals surface area contributed by atoms with Gasteiger partial charge >= 0.3 is 18.7 Å². The van der Waals surface area contributed by atoms with Gasteiger partial charge in [0.25, 0.3) is 5.91 Å². The van der Waals surface area contributed by atoms with E-state index < -0.39 is 69.4 Å². The Balaban J connectivity index is 1.95. The summed E-state index contributed by atoms with van der Waals surface area (Å²) in [6.45, 7) is 0. The zero-order valence-electron chi connectivity index (χ0n) is 19.2. The molecule has 2 aromatic carbocycles. The monoisotopic (exact) mass is 602 g/mol. The zero-order chi connectivity index (χ0) is 29.9. The van der Waals surface area contributed by atoms with Crippen LogP contribution in [0.1, 0.15) is 33.0 Å². The number of amides is 1. The molecule has 3 rings (SSSR count). The minimum atomic E-state index is -5.25. The Hall–Kier alpha value is -4.08. The third-order valence-corrected chi connectivity index (χ3v) is 5.20. The van der Waals surface area contributed by atoms with Gasteiger partial charge in [-0.05, 0) is 42.0 Å². The number of ether oxygens (including phenoxy) is 1. The number of carbonyl (C=O) groups is 1. The second kappa shape index (κ2) is 11.6. The summed E-state index contributed by atoms with van der Waals surface area (Å²) in [5, 5.41) is -0.887. The Morgan fingerprint density at radius 1 is 0.950 bits per heavy atom. The number of alkyl halides is 9. The van der Waals surface area contributed by atoms with Crippen LogP contribution in [-0.4, -0.2) is 28.4 Å². The third kappa shape index (κ3) is 7.97. The summed E-state index contributed by atoms with van der Waals surface area (Å²) in [5.74, 6) is -7.16. The summed E-state index contributed by atoms with van der Waals surface area (Å²) in [4.78, 5) is 19.7. The van der Waals surface area contributed by atoms with Crippen molar-refractivity contribution in [2.75, 3.05) is 5.43 Å². The van der Waals surface area contributed by atoms with Gasteiger partial charge in [0.2, 0.25) is 5.95 Å². The molecule has 0 fully saturated rings. The van der Waals surface area contributed by atoms with E-state index in [1.54, 1.807) is 0 Å². The third-order valence-electron chi connectivity index (χ3n) is 4.91. The van der Waals surface area contributed by atoms with Crippen molar-refractivity contribution < 1.29 is 53.4 Å². The molecule has 1 aromatic heterocycles. The van der Waals surface area contributed by atoms with Gasteiger partial charge in [-0.25, -0.2) is 14.4 Å². The number of carbonyl (C=O) groups excluding carboxylic acids is 1. The summed E-state index contributed by atoms with van der Waals surface area (Å²) in [7, 11) is 0. The van der Waals surface area contributed by atoms with Crippen molar-refractivity contribution in [3.05, 3.63) is 88.2 Å². The molecule has 0 aliphatic rings. The minimum Gasteiger partial charge on any atom is -0.404 e. The lowest BCUT2D eigenvalue weighted by Crippen LogP contribution is -2.32. The summed E-state index contributed by atoms with van der Waals surface area (Å²) >= 11 is 5.58. The van der Waals surface area contributed by atoms with Crippen LogP contribution >= 0.6 is 11.6 Å². The van der Waals surface area contributed by atoms with Crippen molar-refractivity contribution in [2.24, 2.45) is 0 Å². The van der Waals surface area contributed by atoms with Gasteiger partial charge in [-0.15, -0.1) is 13.2 Å². The molecule has 40 heavy (non-hydrogen) atoms. The molecule has 0 aliphatic heterocycles. The molecule has 0 saturated carbocycles. The molecule has 1 amide bonds. The number of benzene rings is 2. The topological polar surface area (TPSA) is 76.1 Å². The first kappa shape index (κ1) is 30.5. The minimum absolute atomic E-state index is 0.0838. The fourth-order valence-corrected chi connectivity index (χ4v) is 3.44. The maximum atomic E-state index is 14.9. The van der Waals surface area contributed by atoms with Crippen molar-refractivity contribution in [1.82, 2.24) is 15.4 Å². The number of allylic oxidation sites excluding steroid dienone is 1. The van der Waals surface area contributed by atoms with Gasteiger partial charge in [0.05, 0.1) is 16.1 Å². The maximum Gasteiger partial charge on any atom is 0.573 e. The molecule has 214 valence electrons. The van der Waals surface area contributed by atoms with Gasteiger partial charge in [0.15, 0.2) is 0 Å². The predicted molar refractivity (Wildman–Crippen MR) is 121 cm³/mol. The van der Waals surface area contributed by atoms with Crippen molar-refractivity contribution in [3.8, 4) is 5.75 Å². The van der Waals surface area contributed by atoms with Crippen LogP contribution in [0.4, 0.5) is 49.9 Å². The van der Waals surface area contributed by atoms with Crippen molar-refractivity contribution in [2.45, 2.75) is 24.6 Å². The molecular weight excluding hydrogens is 590 g/mol. The Kier molecular flexibility index (Phi) is 8.81. The number of hydrazine groups is 1. The molecule has 0 spiro atoms. The summed E-state index contributed by atoms with van der Waals surface area (Å²) in [5.41, 5.74) is -0.419. The zero-order valence-corrected chi connectivity index (χ0v) is 20.0.